The highest BCUT2D eigenvalue weighted by atomic mass is 35.5. The van der Waals surface area contributed by atoms with Crippen molar-refractivity contribution in [3.63, 3.8) is 0 Å². The summed E-state index contributed by atoms with van der Waals surface area (Å²) in [6.07, 6.45) is -5.03. The van der Waals surface area contributed by atoms with E-state index < -0.39 is 23.9 Å². The summed E-state index contributed by atoms with van der Waals surface area (Å²) in [6, 6.07) is 18.4. The SMILES string of the molecule is Cc1cc(C(O)(COc2ccc(C#N)c(Cl)c2)C(F)(F)F)ccc1N(N)c1ccccc1. The van der Waals surface area contributed by atoms with Gasteiger partial charge in [0.25, 0.3) is 0 Å². The van der Waals surface area contributed by atoms with Crippen LogP contribution in [-0.2, 0) is 5.60 Å². The van der Waals surface area contributed by atoms with Gasteiger partial charge in [-0.3, -0.25) is 5.01 Å². The van der Waals surface area contributed by atoms with Gasteiger partial charge in [-0.05, 0) is 48.4 Å². The van der Waals surface area contributed by atoms with Crippen LogP contribution >= 0.6 is 11.6 Å². The number of halogens is 4. The highest BCUT2D eigenvalue weighted by molar-refractivity contribution is 6.31. The molecule has 0 bridgehead atoms. The average molecular weight is 462 g/mol. The van der Waals surface area contributed by atoms with E-state index in [1.165, 1.54) is 35.3 Å². The molecule has 5 nitrogen and oxygen atoms in total. The third-order valence-corrected chi connectivity index (χ3v) is 5.26. The summed E-state index contributed by atoms with van der Waals surface area (Å²) in [5.74, 6) is 6.11. The van der Waals surface area contributed by atoms with Crippen LogP contribution in [0.5, 0.6) is 5.75 Å². The van der Waals surface area contributed by atoms with E-state index in [0.717, 1.165) is 6.07 Å². The third-order valence-electron chi connectivity index (χ3n) is 4.95. The van der Waals surface area contributed by atoms with Gasteiger partial charge in [-0.1, -0.05) is 41.9 Å². The van der Waals surface area contributed by atoms with E-state index in [1.54, 1.807) is 31.2 Å². The molecule has 3 aromatic carbocycles. The van der Waals surface area contributed by atoms with Gasteiger partial charge in [0, 0.05) is 6.07 Å². The Balaban J connectivity index is 1.91. The highest BCUT2D eigenvalue weighted by Gasteiger charge is 2.56. The average Bonchev–Trinajstić information content (AvgIpc) is 2.76. The van der Waals surface area contributed by atoms with Crippen LogP contribution in [0.1, 0.15) is 16.7 Å². The maximum atomic E-state index is 13.9. The lowest BCUT2D eigenvalue weighted by Crippen LogP contribution is -2.47. The van der Waals surface area contributed by atoms with Crippen molar-refractivity contribution in [3.8, 4) is 11.8 Å². The summed E-state index contributed by atoms with van der Waals surface area (Å²) in [5.41, 5.74) is -1.98. The van der Waals surface area contributed by atoms with Gasteiger partial charge in [0.05, 0.1) is 22.0 Å². The van der Waals surface area contributed by atoms with Gasteiger partial charge in [0.1, 0.15) is 18.4 Å². The molecule has 3 N–H and O–H groups in total. The number of ether oxygens (including phenoxy) is 1. The molecule has 0 radical (unpaired) electrons. The number of hydrogen-bond acceptors (Lipinski definition) is 5. The summed E-state index contributed by atoms with van der Waals surface area (Å²) in [5, 5.41) is 20.9. The molecule has 0 saturated heterocycles. The molecule has 9 heteroatoms. The first-order valence-corrected chi connectivity index (χ1v) is 9.77. The van der Waals surface area contributed by atoms with Crippen molar-refractivity contribution >= 4 is 23.0 Å². The Morgan fingerprint density at radius 3 is 2.34 bits per heavy atom. The van der Waals surface area contributed by atoms with Crippen LogP contribution in [0.25, 0.3) is 0 Å². The molecule has 0 amide bonds. The molecule has 0 fully saturated rings. The number of aliphatic hydroxyl groups is 1. The summed E-state index contributed by atoms with van der Waals surface area (Å²) >= 11 is 5.90. The Labute approximate surface area is 188 Å². The number of nitrogens with zero attached hydrogens (tertiary/aromatic N) is 2. The summed E-state index contributed by atoms with van der Waals surface area (Å²) < 4.78 is 47.0. The van der Waals surface area contributed by atoms with E-state index in [-0.39, 0.29) is 16.3 Å². The lowest BCUT2D eigenvalue weighted by atomic mass is 9.92. The van der Waals surface area contributed by atoms with Crippen molar-refractivity contribution < 1.29 is 23.0 Å². The monoisotopic (exact) mass is 461 g/mol. The molecule has 0 spiro atoms. The molecule has 3 rings (SSSR count). The molecule has 0 saturated carbocycles. The maximum absolute atomic E-state index is 13.9. The summed E-state index contributed by atoms with van der Waals surface area (Å²) in [6.45, 7) is 0.488. The first kappa shape index (κ1) is 23.4. The fourth-order valence-electron chi connectivity index (χ4n) is 3.10. The minimum atomic E-state index is -5.03. The van der Waals surface area contributed by atoms with E-state index in [0.29, 0.717) is 16.9 Å². The molecular formula is C23H19ClF3N3O2. The maximum Gasteiger partial charge on any atom is 0.424 e. The molecule has 32 heavy (non-hydrogen) atoms. The normalized spacial score (nSPS) is 13.2. The second-order valence-corrected chi connectivity index (χ2v) is 7.51. The van der Waals surface area contributed by atoms with Gasteiger partial charge < -0.3 is 9.84 Å². The fraction of sp³-hybridized carbons (Fsp3) is 0.174. The number of hydrogen-bond donors (Lipinski definition) is 2. The van der Waals surface area contributed by atoms with Gasteiger partial charge in [-0.25, -0.2) is 5.84 Å². The standard InChI is InChI=1S/C23H19ClF3N3O2/c1-15-11-17(8-10-21(15)30(29)18-5-3-2-4-6-18)22(31,23(25,26)27)14-32-19-9-7-16(13-28)20(24)12-19/h2-12,31H,14,29H2,1H3. The molecule has 0 heterocycles. The second kappa shape index (κ2) is 9.09. The van der Waals surface area contributed by atoms with Crippen LogP contribution in [0.15, 0.2) is 66.7 Å². The van der Waals surface area contributed by atoms with Crippen LogP contribution < -0.4 is 15.6 Å². The number of hydrazine groups is 1. The topological polar surface area (TPSA) is 82.5 Å². The first-order chi connectivity index (χ1) is 15.1. The second-order valence-electron chi connectivity index (χ2n) is 7.11. The Morgan fingerprint density at radius 2 is 1.78 bits per heavy atom. The van der Waals surface area contributed by atoms with Crippen molar-refractivity contribution in [1.29, 1.82) is 5.26 Å². The molecule has 1 unspecified atom stereocenters. The Bertz CT molecular complexity index is 1150. The number of aryl methyl sites for hydroxylation is 1. The number of nitriles is 1. The number of alkyl halides is 3. The van der Waals surface area contributed by atoms with Crippen molar-refractivity contribution in [2.45, 2.75) is 18.7 Å². The van der Waals surface area contributed by atoms with E-state index in [2.05, 4.69) is 0 Å². The Morgan fingerprint density at radius 1 is 1.09 bits per heavy atom. The largest absolute Gasteiger partial charge is 0.490 e. The van der Waals surface area contributed by atoms with Crippen LogP contribution in [-0.4, -0.2) is 17.9 Å². The van der Waals surface area contributed by atoms with Crippen LogP contribution in [0.4, 0.5) is 24.5 Å². The predicted molar refractivity (Wildman–Crippen MR) is 116 cm³/mol. The molecule has 1 atom stereocenters. The van der Waals surface area contributed by atoms with Gasteiger partial charge >= 0.3 is 6.18 Å². The number of para-hydroxylation sites is 1. The third kappa shape index (κ3) is 4.65. The molecule has 0 aliphatic rings. The van der Waals surface area contributed by atoms with Gasteiger partial charge in [0.15, 0.2) is 0 Å². The first-order valence-electron chi connectivity index (χ1n) is 9.39. The highest BCUT2D eigenvalue weighted by Crippen LogP contribution is 2.41. The molecular weight excluding hydrogens is 443 g/mol. The van der Waals surface area contributed by atoms with Crippen molar-refractivity contribution in [2.24, 2.45) is 5.84 Å². The minimum Gasteiger partial charge on any atom is -0.490 e. The van der Waals surface area contributed by atoms with Crippen molar-refractivity contribution in [1.82, 2.24) is 0 Å². The molecule has 0 aromatic heterocycles. The van der Waals surface area contributed by atoms with E-state index >= 15 is 0 Å². The molecule has 0 aliphatic carbocycles. The minimum absolute atomic E-state index is 0.0118. The predicted octanol–water partition coefficient (Wildman–Crippen LogP) is 5.36. The Kier molecular flexibility index (Phi) is 6.65. The van der Waals surface area contributed by atoms with Gasteiger partial charge in [-0.2, -0.15) is 18.4 Å². The zero-order valence-electron chi connectivity index (χ0n) is 16.9. The summed E-state index contributed by atoms with van der Waals surface area (Å²) in [4.78, 5) is 0. The lowest BCUT2D eigenvalue weighted by Gasteiger charge is -2.32. The van der Waals surface area contributed by atoms with Gasteiger partial charge in [-0.15, -0.1) is 0 Å². The summed E-state index contributed by atoms with van der Waals surface area (Å²) in [7, 11) is 0. The van der Waals surface area contributed by atoms with Crippen molar-refractivity contribution in [2.75, 3.05) is 11.6 Å². The smallest absolute Gasteiger partial charge is 0.424 e. The van der Waals surface area contributed by atoms with Crippen LogP contribution in [0.2, 0.25) is 5.02 Å². The lowest BCUT2D eigenvalue weighted by molar-refractivity contribution is -0.275. The molecule has 0 aliphatic heterocycles. The molecule has 3 aromatic rings. The van der Waals surface area contributed by atoms with Crippen molar-refractivity contribution in [3.05, 3.63) is 88.4 Å². The van der Waals surface area contributed by atoms with Crippen LogP contribution in [0, 0.1) is 18.3 Å². The molecule has 166 valence electrons. The zero-order chi connectivity index (χ0) is 23.5. The number of anilines is 2. The number of rotatable bonds is 6. The van der Waals surface area contributed by atoms with Crippen LogP contribution in [0.3, 0.4) is 0 Å². The zero-order valence-corrected chi connectivity index (χ0v) is 17.7. The van der Waals surface area contributed by atoms with E-state index in [1.807, 2.05) is 12.1 Å². The van der Waals surface area contributed by atoms with Gasteiger partial charge in [0.2, 0.25) is 5.60 Å². The Hall–Kier alpha value is -3.25. The van der Waals surface area contributed by atoms with E-state index in [4.69, 9.17) is 27.4 Å². The van der Waals surface area contributed by atoms with E-state index in [9.17, 15) is 18.3 Å². The number of benzene rings is 3. The fourth-order valence-corrected chi connectivity index (χ4v) is 3.32. The number of nitrogens with two attached hydrogens (primary N) is 1. The quantitative estimate of drug-likeness (QED) is 0.381.